The summed E-state index contributed by atoms with van der Waals surface area (Å²) < 4.78 is 126. The molecule has 0 saturated heterocycles. The molecule has 0 saturated carbocycles. The van der Waals surface area contributed by atoms with Crippen LogP contribution in [0.2, 0.25) is 0 Å². The Morgan fingerprint density at radius 1 is 0.978 bits per heavy atom. The van der Waals surface area contributed by atoms with Gasteiger partial charge in [-0.1, -0.05) is 25.4 Å². The molecule has 0 bridgehead atoms. The fraction of sp³-hybridized carbons (Fsp3) is 0.500. The van der Waals surface area contributed by atoms with Gasteiger partial charge in [0.05, 0.1) is 24.2 Å². The predicted molar refractivity (Wildman–Crippen MR) is 143 cm³/mol. The maximum absolute atomic E-state index is 13.7. The van der Waals surface area contributed by atoms with Crippen LogP contribution in [0.25, 0.3) is 0 Å². The number of tetrazole rings is 1. The number of anilines is 2. The standard InChI is InChI=1S/C28H29F9N6O2/c1-4-6-7-24(44)43-19(5-2)13-23(21-14-20(8-9-22(21)43)45-28(35,36)37)42(25-38-40-41(3)39-25)15-16-10-17(26(29,30)31)12-18(11-16)27(32,33)34/h8-12,14,19,23H,4-7,13,15H2,1-3H3/t19-,23+/m1/s1. The van der Waals surface area contributed by atoms with E-state index < -0.39 is 59.8 Å². The molecule has 1 aromatic heterocycles. The van der Waals surface area contributed by atoms with Gasteiger partial charge < -0.3 is 14.5 Å². The number of alkyl halides is 9. The van der Waals surface area contributed by atoms with Gasteiger partial charge in [0.15, 0.2) is 0 Å². The van der Waals surface area contributed by atoms with Gasteiger partial charge in [0.1, 0.15) is 5.75 Å². The Morgan fingerprint density at radius 3 is 2.13 bits per heavy atom. The van der Waals surface area contributed by atoms with Crippen LogP contribution in [0.15, 0.2) is 36.4 Å². The molecule has 0 N–H and O–H groups in total. The van der Waals surface area contributed by atoms with Crippen molar-refractivity contribution >= 4 is 17.5 Å². The molecule has 4 rings (SSSR count). The molecule has 2 aromatic carbocycles. The molecule has 0 radical (unpaired) electrons. The molecule has 0 aliphatic carbocycles. The van der Waals surface area contributed by atoms with Gasteiger partial charge in [-0.15, -0.1) is 18.3 Å². The molecule has 2 atom stereocenters. The van der Waals surface area contributed by atoms with Gasteiger partial charge in [-0.3, -0.25) is 4.79 Å². The highest BCUT2D eigenvalue weighted by Gasteiger charge is 2.41. The average Bonchev–Trinajstić information content (AvgIpc) is 3.37. The molecule has 2 heterocycles. The summed E-state index contributed by atoms with van der Waals surface area (Å²) in [6.07, 6.45) is -13.5. The van der Waals surface area contributed by atoms with Crippen molar-refractivity contribution in [3.8, 4) is 5.75 Å². The third-order valence-electron chi connectivity index (χ3n) is 7.33. The zero-order valence-corrected chi connectivity index (χ0v) is 24.3. The SMILES string of the molecule is CCCCC(=O)N1c2ccc(OC(F)(F)F)cc2[C@@H](N(Cc2cc(C(F)(F)F)cc(C(F)(F)F)c2)c2nnn(C)n2)C[C@H]1CC. The van der Waals surface area contributed by atoms with Gasteiger partial charge in [0.2, 0.25) is 5.91 Å². The summed E-state index contributed by atoms with van der Waals surface area (Å²) in [6.45, 7) is 3.05. The van der Waals surface area contributed by atoms with E-state index in [2.05, 4.69) is 20.1 Å². The molecular weight excluding hydrogens is 623 g/mol. The highest BCUT2D eigenvalue weighted by molar-refractivity contribution is 5.95. The van der Waals surface area contributed by atoms with E-state index in [1.165, 1.54) is 22.9 Å². The van der Waals surface area contributed by atoms with Crippen LogP contribution in [-0.4, -0.2) is 38.5 Å². The fourth-order valence-corrected chi connectivity index (χ4v) is 5.35. The van der Waals surface area contributed by atoms with Crippen molar-refractivity contribution in [3.63, 3.8) is 0 Å². The summed E-state index contributed by atoms with van der Waals surface area (Å²) in [5.74, 6) is -1.13. The largest absolute Gasteiger partial charge is 0.573 e. The third-order valence-corrected chi connectivity index (χ3v) is 7.33. The summed E-state index contributed by atoms with van der Waals surface area (Å²) in [6, 6.07) is 2.93. The van der Waals surface area contributed by atoms with Crippen LogP contribution in [0.4, 0.5) is 51.1 Å². The number of hydrogen-bond donors (Lipinski definition) is 0. The second kappa shape index (κ2) is 12.7. The van der Waals surface area contributed by atoms with Crippen LogP contribution in [0.5, 0.6) is 5.75 Å². The van der Waals surface area contributed by atoms with Crippen LogP contribution in [0, 0.1) is 0 Å². The van der Waals surface area contributed by atoms with E-state index in [1.807, 2.05) is 6.92 Å². The number of hydrogen-bond acceptors (Lipinski definition) is 6. The minimum Gasteiger partial charge on any atom is -0.406 e. The smallest absolute Gasteiger partial charge is 0.406 e. The number of carbonyl (C=O) groups excluding carboxylic acids is 1. The highest BCUT2D eigenvalue weighted by atomic mass is 19.4. The first-order valence-corrected chi connectivity index (χ1v) is 13.9. The summed E-state index contributed by atoms with van der Waals surface area (Å²) in [5, 5.41) is 11.8. The Morgan fingerprint density at radius 2 is 1.62 bits per heavy atom. The number of ether oxygens (including phenoxy) is 1. The average molecular weight is 653 g/mol. The Bertz CT molecular complexity index is 1470. The first-order chi connectivity index (χ1) is 20.9. The monoisotopic (exact) mass is 652 g/mol. The number of nitrogens with zero attached hydrogens (tertiary/aromatic N) is 6. The van der Waals surface area contributed by atoms with E-state index in [0.717, 1.165) is 16.9 Å². The molecule has 8 nitrogen and oxygen atoms in total. The van der Waals surface area contributed by atoms with Gasteiger partial charge >= 0.3 is 18.7 Å². The molecule has 246 valence electrons. The molecule has 1 aliphatic heterocycles. The zero-order chi connectivity index (χ0) is 33.3. The highest BCUT2D eigenvalue weighted by Crippen LogP contribution is 2.46. The van der Waals surface area contributed by atoms with Crippen molar-refractivity contribution in [1.82, 2.24) is 20.2 Å². The van der Waals surface area contributed by atoms with Crippen LogP contribution < -0.4 is 14.5 Å². The zero-order valence-electron chi connectivity index (χ0n) is 24.3. The molecule has 17 heteroatoms. The maximum Gasteiger partial charge on any atom is 0.573 e. The fourth-order valence-electron chi connectivity index (χ4n) is 5.35. The van der Waals surface area contributed by atoms with E-state index in [4.69, 9.17) is 0 Å². The lowest BCUT2D eigenvalue weighted by Crippen LogP contribution is -2.47. The van der Waals surface area contributed by atoms with Crippen LogP contribution in [-0.2, 0) is 30.7 Å². The van der Waals surface area contributed by atoms with Gasteiger partial charge in [-0.2, -0.15) is 31.1 Å². The number of carbonyl (C=O) groups is 1. The van der Waals surface area contributed by atoms with Gasteiger partial charge in [0.25, 0.3) is 5.95 Å². The van der Waals surface area contributed by atoms with E-state index in [9.17, 15) is 44.3 Å². The van der Waals surface area contributed by atoms with Gasteiger partial charge in [-0.05, 0) is 66.4 Å². The number of halogens is 9. The number of fused-ring (bicyclic) bond motifs is 1. The Kier molecular flexibility index (Phi) is 9.59. The first kappa shape index (κ1) is 33.8. The maximum atomic E-state index is 13.7. The lowest BCUT2D eigenvalue weighted by molar-refractivity contribution is -0.274. The van der Waals surface area contributed by atoms with Gasteiger partial charge in [0, 0.05) is 30.3 Å². The number of amides is 1. The summed E-state index contributed by atoms with van der Waals surface area (Å²) in [5.41, 5.74) is -3.15. The summed E-state index contributed by atoms with van der Waals surface area (Å²) in [7, 11) is 1.38. The van der Waals surface area contributed by atoms with Crippen LogP contribution in [0.1, 0.15) is 74.2 Å². The van der Waals surface area contributed by atoms with Crippen molar-refractivity contribution in [2.45, 2.75) is 83.3 Å². The van der Waals surface area contributed by atoms with E-state index >= 15 is 0 Å². The summed E-state index contributed by atoms with van der Waals surface area (Å²) in [4.78, 5) is 17.1. The summed E-state index contributed by atoms with van der Waals surface area (Å²) >= 11 is 0. The van der Waals surface area contributed by atoms with Crippen molar-refractivity contribution < 1.29 is 49.0 Å². The molecule has 3 aromatic rings. The molecule has 0 spiro atoms. The number of rotatable bonds is 9. The second-order valence-corrected chi connectivity index (χ2v) is 10.6. The Hall–Kier alpha value is -4.05. The topological polar surface area (TPSA) is 76.4 Å². The van der Waals surface area contributed by atoms with E-state index in [-0.39, 0.29) is 42.0 Å². The minimum absolute atomic E-state index is 0.00200. The minimum atomic E-state index is -5.11. The number of unbranched alkanes of at least 4 members (excludes halogenated alkanes) is 1. The number of aromatic nitrogens is 4. The lowest BCUT2D eigenvalue weighted by atomic mass is 9.87. The van der Waals surface area contributed by atoms with Gasteiger partial charge in [-0.25, -0.2) is 0 Å². The molecule has 0 unspecified atom stereocenters. The van der Waals surface area contributed by atoms with Crippen LogP contribution >= 0.6 is 0 Å². The number of aryl methyl sites for hydroxylation is 1. The quantitative estimate of drug-likeness (QED) is 0.222. The van der Waals surface area contributed by atoms with E-state index in [1.54, 1.807) is 6.92 Å². The number of benzene rings is 2. The van der Waals surface area contributed by atoms with Crippen molar-refractivity contribution in [1.29, 1.82) is 0 Å². The van der Waals surface area contributed by atoms with Crippen molar-refractivity contribution in [3.05, 3.63) is 58.7 Å². The van der Waals surface area contributed by atoms with Crippen LogP contribution in [0.3, 0.4) is 0 Å². The third kappa shape index (κ3) is 7.97. The molecule has 0 fully saturated rings. The van der Waals surface area contributed by atoms with Crippen molar-refractivity contribution in [2.24, 2.45) is 7.05 Å². The second-order valence-electron chi connectivity index (χ2n) is 10.6. The molecule has 1 aliphatic rings. The molecule has 1 amide bonds. The lowest BCUT2D eigenvalue weighted by Gasteiger charge is -2.44. The predicted octanol–water partition coefficient (Wildman–Crippen LogP) is 7.60. The first-order valence-electron chi connectivity index (χ1n) is 13.9. The molecule has 45 heavy (non-hydrogen) atoms. The molecular formula is C28H29F9N6O2. The Labute approximate surface area is 251 Å². The normalized spacial score (nSPS) is 17.3. The van der Waals surface area contributed by atoms with E-state index in [0.29, 0.717) is 31.4 Å². The Balaban J connectivity index is 1.91. The van der Waals surface area contributed by atoms with Crippen molar-refractivity contribution in [2.75, 3.05) is 9.80 Å².